The number of carbonyl (C=O) groups excluding carboxylic acids is 1. The lowest BCUT2D eigenvalue weighted by atomic mass is 10.2. The first-order chi connectivity index (χ1) is 6.56. The molecule has 1 aromatic carbocycles. The first kappa shape index (κ1) is 10.1. The summed E-state index contributed by atoms with van der Waals surface area (Å²) in [5, 5.41) is 10.3. The Balaban J connectivity index is 3.21. The lowest BCUT2D eigenvalue weighted by molar-refractivity contribution is -0.384. The van der Waals surface area contributed by atoms with E-state index in [2.05, 4.69) is 0 Å². The van der Waals surface area contributed by atoms with E-state index in [1.54, 1.807) is 5.43 Å². The third kappa shape index (κ3) is 1.83. The number of nitro benzene ring substituents is 1. The maximum atomic E-state index is 12.9. The molecule has 0 heterocycles. The zero-order valence-electron chi connectivity index (χ0n) is 6.86. The van der Waals surface area contributed by atoms with Gasteiger partial charge < -0.3 is 0 Å². The van der Waals surface area contributed by atoms with Crippen molar-refractivity contribution >= 4 is 11.6 Å². The Morgan fingerprint density at radius 1 is 1.57 bits per heavy atom. The second-order valence-electron chi connectivity index (χ2n) is 2.39. The van der Waals surface area contributed by atoms with Gasteiger partial charge in [0.25, 0.3) is 11.6 Å². The number of non-ortho nitro benzene ring substituents is 1. The predicted octanol–water partition coefficient (Wildman–Crippen LogP) is 0.337. The van der Waals surface area contributed by atoms with Crippen molar-refractivity contribution in [2.75, 3.05) is 0 Å². The number of halogens is 1. The molecule has 0 atom stereocenters. The van der Waals surface area contributed by atoms with Gasteiger partial charge in [0.05, 0.1) is 10.5 Å². The molecule has 0 fully saturated rings. The number of hydrogen-bond donors (Lipinski definition) is 2. The van der Waals surface area contributed by atoms with E-state index in [4.69, 9.17) is 5.84 Å². The first-order valence-electron chi connectivity index (χ1n) is 3.51. The van der Waals surface area contributed by atoms with Crippen LogP contribution in [0.5, 0.6) is 0 Å². The number of nitrogens with zero attached hydrogens (tertiary/aromatic N) is 1. The van der Waals surface area contributed by atoms with Crippen LogP contribution in [0.1, 0.15) is 10.4 Å². The molecule has 1 aromatic rings. The summed E-state index contributed by atoms with van der Waals surface area (Å²) in [6, 6.07) is 2.61. The third-order valence-corrected chi connectivity index (χ3v) is 1.54. The molecule has 0 aliphatic rings. The predicted molar refractivity (Wildman–Crippen MR) is 44.7 cm³/mol. The molecule has 1 rings (SSSR count). The van der Waals surface area contributed by atoms with E-state index in [0.29, 0.717) is 0 Å². The van der Waals surface area contributed by atoms with Crippen molar-refractivity contribution in [2.45, 2.75) is 0 Å². The fourth-order valence-electron chi connectivity index (χ4n) is 0.879. The monoisotopic (exact) mass is 199 g/mol. The average Bonchev–Trinajstić information content (AvgIpc) is 2.17. The van der Waals surface area contributed by atoms with Gasteiger partial charge in [-0.3, -0.25) is 20.3 Å². The Bertz CT molecular complexity index is 394. The van der Waals surface area contributed by atoms with E-state index < -0.39 is 22.2 Å². The fourth-order valence-corrected chi connectivity index (χ4v) is 0.879. The molecule has 0 aromatic heterocycles. The van der Waals surface area contributed by atoms with E-state index >= 15 is 0 Å². The Kier molecular flexibility index (Phi) is 2.73. The molecule has 6 nitrogen and oxygen atoms in total. The van der Waals surface area contributed by atoms with E-state index in [9.17, 15) is 19.3 Å². The van der Waals surface area contributed by atoms with Gasteiger partial charge in [-0.1, -0.05) is 0 Å². The number of nitrogens with two attached hydrogens (primary N) is 1. The Morgan fingerprint density at radius 3 is 2.71 bits per heavy atom. The maximum Gasteiger partial charge on any atom is 0.270 e. The molecule has 74 valence electrons. The highest BCUT2D eigenvalue weighted by Gasteiger charge is 2.15. The zero-order chi connectivity index (χ0) is 10.7. The molecular formula is C7H6FN3O3. The number of nitrogens with one attached hydrogen (secondary N) is 1. The number of carbonyl (C=O) groups is 1. The number of hydrazine groups is 1. The first-order valence-corrected chi connectivity index (χ1v) is 3.51. The summed E-state index contributed by atoms with van der Waals surface area (Å²) in [6.45, 7) is 0. The van der Waals surface area contributed by atoms with Crippen LogP contribution in [0.15, 0.2) is 18.2 Å². The maximum absolute atomic E-state index is 12.9. The standard InChI is InChI=1S/C7H6FN3O3/c8-6-2-1-4(11(13)14)3-5(6)7(12)10-9/h1-3H,9H2,(H,10,12). The normalized spacial score (nSPS) is 9.57. The molecule has 0 radical (unpaired) electrons. The van der Waals surface area contributed by atoms with Crippen LogP contribution < -0.4 is 11.3 Å². The van der Waals surface area contributed by atoms with Crippen molar-refractivity contribution in [1.82, 2.24) is 5.43 Å². The third-order valence-electron chi connectivity index (χ3n) is 1.54. The Hall–Kier alpha value is -2.02. The Labute approximate surface area is 77.6 Å². The van der Waals surface area contributed by atoms with Gasteiger partial charge in [0, 0.05) is 12.1 Å². The van der Waals surface area contributed by atoms with Crippen molar-refractivity contribution in [3.63, 3.8) is 0 Å². The lowest BCUT2D eigenvalue weighted by Gasteiger charge is -2.00. The summed E-state index contributed by atoms with van der Waals surface area (Å²) in [5.41, 5.74) is 0.860. The van der Waals surface area contributed by atoms with Crippen LogP contribution in [-0.4, -0.2) is 10.8 Å². The number of benzene rings is 1. The number of nitrogen functional groups attached to an aromatic ring is 1. The molecule has 0 aliphatic heterocycles. The topological polar surface area (TPSA) is 98.3 Å². The van der Waals surface area contributed by atoms with E-state index in [1.165, 1.54) is 0 Å². The fraction of sp³-hybridized carbons (Fsp3) is 0. The largest absolute Gasteiger partial charge is 0.290 e. The molecule has 0 saturated carbocycles. The Morgan fingerprint density at radius 2 is 2.21 bits per heavy atom. The summed E-state index contributed by atoms with van der Waals surface area (Å²) in [4.78, 5) is 20.5. The second kappa shape index (κ2) is 3.79. The molecule has 1 amide bonds. The number of amides is 1. The smallest absolute Gasteiger partial charge is 0.270 e. The van der Waals surface area contributed by atoms with Gasteiger partial charge in [0.2, 0.25) is 0 Å². The van der Waals surface area contributed by atoms with E-state index in [-0.39, 0.29) is 5.69 Å². The van der Waals surface area contributed by atoms with E-state index in [0.717, 1.165) is 18.2 Å². The molecule has 0 spiro atoms. The molecule has 7 heteroatoms. The van der Waals surface area contributed by atoms with Crippen molar-refractivity contribution in [1.29, 1.82) is 0 Å². The van der Waals surface area contributed by atoms with Crippen LogP contribution >= 0.6 is 0 Å². The highest BCUT2D eigenvalue weighted by Crippen LogP contribution is 2.16. The molecule has 0 unspecified atom stereocenters. The van der Waals surface area contributed by atoms with Gasteiger partial charge in [-0.15, -0.1) is 0 Å². The SMILES string of the molecule is NNC(=O)c1cc([N+](=O)[O-])ccc1F. The molecule has 3 N–H and O–H groups in total. The quantitative estimate of drug-likeness (QED) is 0.310. The van der Waals surface area contributed by atoms with Gasteiger partial charge in [-0.05, 0) is 6.07 Å². The van der Waals surface area contributed by atoms with Crippen molar-refractivity contribution < 1.29 is 14.1 Å². The number of rotatable bonds is 2. The van der Waals surface area contributed by atoms with Crippen LogP contribution in [-0.2, 0) is 0 Å². The van der Waals surface area contributed by atoms with Crippen molar-refractivity contribution in [3.8, 4) is 0 Å². The highest BCUT2D eigenvalue weighted by molar-refractivity contribution is 5.94. The zero-order valence-corrected chi connectivity index (χ0v) is 6.86. The minimum Gasteiger partial charge on any atom is -0.290 e. The van der Waals surface area contributed by atoms with Crippen molar-refractivity contribution in [2.24, 2.45) is 5.84 Å². The van der Waals surface area contributed by atoms with Gasteiger partial charge in [0.15, 0.2) is 0 Å². The molecule has 0 bridgehead atoms. The molecule has 0 saturated heterocycles. The van der Waals surface area contributed by atoms with Crippen LogP contribution in [0.3, 0.4) is 0 Å². The summed E-state index contributed by atoms with van der Waals surface area (Å²) in [6.07, 6.45) is 0. The average molecular weight is 199 g/mol. The minimum absolute atomic E-state index is 0.370. The summed E-state index contributed by atoms with van der Waals surface area (Å²) in [5.74, 6) is 2.99. The lowest BCUT2D eigenvalue weighted by Crippen LogP contribution is -2.30. The van der Waals surface area contributed by atoms with Gasteiger partial charge >= 0.3 is 0 Å². The second-order valence-corrected chi connectivity index (χ2v) is 2.39. The van der Waals surface area contributed by atoms with Crippen LogP contribution in [0.25, 0.3) is 0 Å². The molecule has 14 heavy (non-hydrogen) atoms. The van der Waals surface area contributed by atoms with Crippen molar-refractivity contribution in [3.05, 3.63) is 39.7 Å². The van der Waals surface area contributed by atoms with E-state index in [1.807, 2.05) is 0 Å². The summed E-state index contributed by atoms with van der Waals surface area (Å²) in [7, 11) is 0. The van der Waals surface area contributed by atoms with Crippen LogP contribution in [0.2, 0.25) is 0 Å². The summed E-state index contributed by atoms with van der Waals surface area (Å²) >= 11 is 0. The van der Waals surface area contributed by atoms with Gasteiger partial charge in [0.1, 0.15) is 5.82 Å². The molecular weight excluding hydrogens is 193 g/mol. The minimum atomic E-state index is -0.911. The van der Waals surface area contributed by atoms with Gasteiger partial charge in [-0.25, -0.2) is 10.2 Å². The number of nitro groups is 1. The van der Waals surface area contributed by atoms with Crippen LogP contribution in [0.4, 0.5) is 10.1 Å². The molecule has 0 aliphatic carbocycles. The summed E-state index contributed by atoms with van der Waals surface area (Å²) < 4.78 is 12.9. The highest BCUT2D eigenvalue weighted by atomic mass is 19.1. The van der Waals surface area contributed by atoms with Gasteiger partial charge in [-0.2, -0.15) is 0 Å². The van der Waals surface area contributed by atoms with Crippen LogP contribution in [0, 0.1) is 15.9 Å². The number of hydrogen-bond acceptors (Lipinski definition) is 4.